The molecule has 3 heterocycles. The molecule has 6 aromatic carbocycles. The van der Waals surface area contributed by atoms with E-state index in [4.69, 9.17) is 9.40 Å². The first-order chi connectivity index (χ1) is 19.3. The van der Waals surface area contributed by atoms with Crippen LogP contribution in [0.5, 0.6) is 0 Å². The largest absolute Gasteiger partial charge is 0.435 e. The van der Waals surface area contributed by atoms with Gasteiger partial charge in [-0.15, -0.1) is 11.3 Å². The van der Waals surface area contributed by atoms with Gasteiger partial charge < -0.3 is 8.98 Å². The van der Waals surface area contributed by atoms with Crippen molar-refractivity contribution in [3.63, 3.8) is 0 Å². The second-order valence-electron chi connectivity index (χ2n) is 9.99. The molecule has 0 aliphatic carbocycles. The number of benzene rings is 6. The number of thiophene rings is 1. The lowest BCUT2D eigenvalue weighted by molar-refractivity contribution is 0.623. The van der Waals surface area contributed by atoms with Gasteiger partial charge >= 0.3 is 0 Å². The Morgan fingerprint density at radius 2 is 1.41 bits per heavy atom. The van der Waals surface area contributed by atoms with Crippen LogP contribution in [0.2, 0.25) is 0 Å². The van der Waals surface area contributed by atoms with Gasteiger partial charge in [-0.1, -0.05) is 78.9 Å². The molecule has 0 N–H and O–H groups in total. The number of aromatic nitrogens is 2. The van der Waals surface area contributed by atoms with Crippen LogP contribution >= 0.6 is 11.3 Å². The molecule has 0 saturated heterocycles. The number of para-hydroxylation sites is 1. The van der Waals surface area contributed by atoms with Crippen LogP contribution in [0.25, 0.3) is 81.0 Å². The molecule has 3 nitrogen and oxygen atoms in total. The molecule has 4 heteroatoms. The lowest BCUT2D eigenvalue weighted by Crippen LogP contribution is -1.94. The average Bonchev–Trinajstić information content (AvgIpc) is 3.68. The van der Waals surface area contributed by atoms with E-state index in [2.05, 4.69) is 126 Å². The van der Waals surface area contributed by atoms with Crippen LogP contribution in [0, 0.1) is 0 Å². The molecule has 0 aliphatic heterocycles. The second kappa shape index (κ2) is 7.79. The Morgan fingerprint density at radius 1 is 0.615 bits per heavy atom. The number of nitrogens with zero attached hydrogens (tertiary/aromatic N) is 2. The second-order valence-corrected chi connectivity index (χ2v) is 11.1. The lowest BCUT2D eigenvalue weighted by Gasteiger charge is -2.10. The van der Waals surface area contributed by atoms with Crippen LogP contribution in [0.15, 0.2) is 126 Å². The average molecular weight is 517 g/mol. The van der Waals surface area contributed by atoms with Gasteiger partial charge in [-0.25, -0.2) is 4.98 Å². The van der Waals surface area contributed by atoms with Gasteiger partial charge in [-0.05, 0) is 47.9 Å². The maximum Gasteiger partial charge on any atom is 0.227 e. The SMILES string of the molecule is c1ccc(-n2c3cc(-c4nc5ccc6sc7ccccc7c6c5o4)ccc3c3ccc4ccccc4c32)cc1. The molecule has 0 spiro atoms. The Balaban J connectivity index is 1.35. The third-order valence-electron chi connectivity index (χ3n) is 7.81. The van der Waals surface area contributed by atoms with E-state index in [9.17, 15) is 0 Å². The molecule has 39 heavy (non-hydrogen) atoms. The first-order valence-electron chi connectivity index (χ1n) is 13.1. The molecular weight excluding hydrogens is 496 g/mol. The minimum Gasteiger partial charge on any atom is -0.435 e. The minimum absolute atomic E-state index is 0.643. The van der Waals surface area contributed by atoms with Crippen LogP contribution in [-0.2, 0) is 0 Å². The number of oxazole rings is 1. The Kier molecular flexibility index (Phi) is 4.21. The first-order valence-corrected chi connectivity index (χ1v) is 13.9. The van der Waals surface area contributed by atoms with E-state index >= 15 is 0 Å². The lowest BCUT2D eigenvalue weighted by atomic mass is 10.1. The zero-order valence-corrected chi connectivity index (χ0v) is 21.6. The van der Waals surface area contributed by atoms with Gasteiger partial charge in [-0.2, -0.15) is 0 Å². The summed E-state index contributed by atoms with van der Waals surface area (Å²) in [6.45, 7) is 0. The summed E-state index contributed by atoms with van der Waals surface area (Å²) in [6.07, 6.45) is 0. The molecule has 0 fully saturated rings. The molecule has 0 aliphatic rings. The van der Waals surface area contributed by atoms with E-state index in [1.54, 1.807) is 11.3 Å². The number of hydrogen-bond donors (Lipinski definition) is 0. The highest BCUT2D eigenvalue weighted by molar-refractivity contribution is 7.26. The minimum atomic E-state index is 0.643. The van der Waals surface area contributed by atoms with Crippen molar-refractivity contribution in [3.05, 3.63) is 121 Å². The highest BCUT2D eigenvalue weighted by Crippen LogP contribution is 2.41. The molecule has 0 unspecified atom stereocenters. The van der Waals surface area contributed by atoms with Gasteiger partial charge in [0.2, 0.25) is 5.89 Å². The van der Waals surface area contributed by atoms with Crippen molar-refractivity contribution >= 4 is 75.2 Å². The summed E-state index contributed by atoms with van der Waals surface area (Å²) in [5.74, 6) is 0.643. The number of fused-ring (bicyclic) bond motifs is 10. The summed E-state index contributed by atoms with van der Waals surface area (Å²) < 4.78 is 11.4. The van der Waals surface area contributed by atoms with Crippen LogP contribution in [-0.4, -0.2) is 9.55 Å². The summed E-state index contributed by atoms with van der Waals surface area (Å²) in [4.78, 5) is 4.96. The van der Waals surface area contributed by atoms with Gasteiger partial charge in [0.1, 0.15) is 5.52 Å². The molecule has 9 rings (SSSR count). The molecular formula is C35H20N2OS. The summed E-state index contributed by atoms with van der Waals surface area (Å²) in [5.41, 5.74) is 6.20. The van der Waals surface area contributed by atoms with Crippen molar-refractivity contribution in [1.82, 2.24) is 9.55 Å². The summed E-state index contributed by atoms with van der Waals surface area (Å²) in [7, 11) is 0. The van der Waals surface area contributed by atoms with Gasteiger partial charge in [0, 0.05) is 47.6 Å². The summed E-state index contributed by atoms with van der Waals surface area (Å²) in [6, 6.07) is 43.0. The van der Waals surface area contributed by atoms with Crippen LogP contribution in [0.1, 0.15) is 0 Å². The standard InChI is InChI=1S/C35H20N2OS/c1-2-9-23(10-3-1)37-29-20-22(15-16-25(29)26-17-14-21-8-4-5-11-24(21)33(26)37)35-36-28-18-19-31-32(34(28)38-35)27-12-6-7-13-30(27)39-31/h1-20H. The van der Waals surface area contributed by atoms with Gasteiger partial charge in [0.05, 0.1) is 11.0 Å². The third-order valence-corrected chi connectivity index (χ3v) is 8.95. The Hall–Kier alpha value is -4.93. The fourth-order valence-corrected chi connectivity index (χ4v) is 7.18. The molecule has 0 radical (unpaired) electrons. The molecule has 0 amide bonds. The summed E-state index contributed by atoms with van der Waals surface area (Å²) in [5, 5.41) is 7.30. The number of hydrogen-bond acceptors (Lipinski definition) is 3. The molecule has 0 saturated carbocycles. The van der Waals surface area contributed by atoms with Crippen molar-refractivity contribution in [2.45, 2.75) is 0 Å². The maximum atomic E-state index is 6.56. The molecule has 3 aromatic heterocycles. The van der Waals surface area contributed by atoms with E-state index < -0.39 is 0 Å². The van der Waals surface area contributed by atoms with E-state index in [1.807, 2.05) is 0 Å². The first kappa shape index (κ1) is 21.1. The van der Waals surface area contributed by atoms with E-state index in [1.165, 1.54) is 41.8 Å². The van der Waals surface area contributed by atoms with Gasteiger partial charge in [-0.3, -0.25) is 0 Å². The number of rotatable bonds is 2. The van der Waals surface area contributed by atoms with E-state index in [0.717, 1.165) is 33.3 Å². The van der Waals surface area contributed by atoms with E-state index in [0.29, 0.717) is 5.89 Å². The van der Waals surface area contributed by atoms with Gasteiger partial charge in [0.25, 0.3) is 0 Å². The van der Waals surface area contributed by atoms with Gasteiger partial charge in [0.15, 0.2) is 5.58 Å². The van der Waals surface area contributed by atoms with Crippen LogP contribution in [0.4, 0.5) is 0 Å². The molecule has 0 atom stereocenters. The third kappa shape index (κ3) is 2.95. The van der Waals surface area contributed by atoms with Crippen molar-refractivity contribution in [1.29, 1.82) is 0 Å². The smallest absolute Gasteiger partial charge is 0.227 e. The normalized spacial score (nSPS) is 12.1. The molecule has 9 aromatic rings. The zero-order chi connectivity index (χ0) is 25.5. The predicted molar refractivity (Wildman–Crippen MR) is 164 cm³/mol. The van der Waals surface area contributed by atoms with Crippen molar-refractivity contribution in [2.24, 2.45) is 0 Å². The Labute approximate surface area is 227 Å². The maximum absolute atomic E-state index is 6.56. The quantitative estimate of drug-likeness (QED) is 0.229. The predicted octanol–water partition coefficient (Wildman–Crippen LogP) is 10.1. The highest BCUT2D eigenvalue weighted by Gasteiger charge is 2.19. The van der Waals surface area contributed by atoms with Crippen LogP contribution in [0.3, 0.4) is 0 Å². The fourth-order valence-electron chi connectivity index (χ4n) is 6.07. The molecule has 182 valence electrons. The Morgan fingerprint density at radius 3 is 2.33 bits per heavy atom. The van der Waals surface area contributed by atoms with Crippen molar-refractivity contribution < 1.29 is 4.42 Å². The highest BCUT2D eigenvalue weighted by atomic mass is 32.1. The fraction of sp³-hybridized carbons (Fsp3) is 0. The molecule has 0 bridgehead atoms. The topological polar surface area (TPSA) is 31.0 Å². The zero-order valence-electron chi connectivity index (χ0n) is 20.8. The van der Waals surface area contributed by atoms with E-state index in [-0.39, 0.29) is 0 Å². The summed E-state index contributed by atoms with van der Waals surface area (Å²) >= 11 is 1.80. The monoisotopic (exact) mass is 516 g/mol. The van der Waals surface area contributed by atoms with Crippen LogP contribution < -0.4 is 0 Å². The Bertz CT molecular complexity index is 2390. The van der Waals surface area contributed by atoms with Crippen molar-refractivity contribution in [2.75, 3.05) is 0 Å². The van der Waals surface area contributed by atoms with Crippen molar-refractivity contribution in [3.8, 4) is 17.1 Å².